The highest BCUT2D eigenvalue weighted by atomic mass is 16.6. The van der Waals surface area contributed by atoms with Gasteiger partial charge >= 0.3 is 0 Å². The molecular formula is C21H19NO4. The maximum atomic E-state index is 6.03. The van der Waals surface area contributed by atoms with Gasteiger partial charge in [0.2, 0.25) is 0 Å². The minimum Gasteiger partial charge on any atom is -0.496 e. The molecule has 2 aromatic rings. The van der Waals surface area contributed by atoms with E-state index in [4.69, 9.17) is 18.9 Å². The van der Waals surface area contributed by atoms with Crippen LogP contribution < -0.4 is 19.1 Å². The lowest BCUT2D eigenvalue weighted by molar-refractivity contribution is 0.172. The van der Waals surface area contributed by atoms with E-state index in [-0.39, 0.29) is 0 Å². The van der Waals surface area contributed by atoms with E-state index in [2.05, 4.69) is 23.1 Å². The summed E-state index contributed by atoms with van der Waals surface area (Å²) >= 11 is 0. The molecule has 0 saturated heterocycles. The van der Waals surface area contributed by atoms with Crippen molar-refractivity contribution in [2.45, 2.75) is 0 Å². The molecule has 0 spiro atoms. The number of anilines is 1. The lowest BCUT2D eigenvalue weighted by Crippen LogP contribution is -2.31. The molecule has 26 heavy (non-hydrogen) atoms. The smallest absolute Gasteiger partial charge is 0.185 e. The zero-order valence-corrected chi connectivity index (χ0v) is 14.7. The summed E-state index contributed by atoms with van der Waals surface area (Å²) in [4.78, 5) is 2.23. The summed E-state index contributed by atoms with van der Waals surface area (Å²) < 4.78 is 23.2. The Labute approximate surface area is 152 Å². The maximum Gasteiger partial charge on any atom is 0.185 e. The Morgan fingerprint density at radius 3 is 2.69 bits per heavy atom. The number of nitrogens with zero attached hydrogens (tertiary/aromatic N) is 1. The van der Waals surface area contributed by atoms with Crippen molar-refractivity contribution in [2.75, 3.05) is 38.9 Å². The average Bonchev–Trinajstić information content (AvgIpc) is 2.72. The molecule has 0 radical (unpaired) electrons. The fraction of sp³-hybridized carbons (Fsp3) is 0.238. The lowest BCUT2D eigenvalue weighted by Gasteiger charge is -2.39. The highest BCUT2D eigenvalue weighted by Gasteiger charge is 2.36. The standard InChI is InChI=1S/C21H19NO4/c1-23-15-6-3-5-13-14-8-9-17-21(26-12-11-25-17)19(14)22-10-4-7-16(24-2)20(22)18(13)15/h3-9H,10-12H2,1-2H3. The Kier molecular flexibility index (Phi) is 3.35. The third-order valence-corrected chi connectivity index (χ3v) is 5.01. The number of fused-ring (bicyclic) bond motifs is 8. The Balaban J connectivity index is 1.89. The van der Waals surface area contributed by atoms with E-state index >= 15 is 0 Å². The van der Waals surface area contributed by atoms with Crippen LogP contribution in [0.5, 0.6) is 17.2 Å². The molecule has 5 heteroatoms. The van der Waals surface area contributed by atoms with Gasteiger partial charge in [-0.3, -0.25) is 0 Å². The van der Waals surface area contributed by atoms with Crippen molar-refractivity contribution in [1.29, 1.82) is 0 Å². The van der Waals surface area contributed by atoms with Crippen molar-refractivity contribution >= 4 is 11.4 Å². The van der Waals surface area contributed by atoms with Crippen molar-refractivity contribution < 1.29 is 18.9 Å². The number of ether oxygens (including phenoxy) is 4. The molecule has 3 aliphatic heterocycles. The SMILES string of the molecule is COC1=C2c3c(OC)cccc3-c3ccc4c(c3N2CC=C1)OCCO4. The molecule has 0 N–H and O–H groups in total. The van der Waals surface area contributed by atoms with Crippen molar-refractivity contribution in [3.8, 4) is 28.4 Å². The highest BCUT2D eigenvalue weighted by Crippen LogP contribution is 2.55. The first-order valence-corrected chi connectivity index (χ1v) is 8.66. The number of allylic oxidation sites excluding steroid dienone is 1. The first-order valence-electron chi connectivity index (χ1n) is 8.66. The predicted octanol–water partition coefficient (Wildman–Crippen LogP) is 3.84. The van der Waals surface area contributed by atoms with E-state index in [9.17, 15) is 0 Å². The first kappa shape index (κ1) is 15.2. The second-order valence-electron chi connectivity index (χ2n) is 6.30. The highest BCUT2D eigenvalue weighted by molar-refractivity contribution is 6.04. The van der Waals surface area contributed by atoms with Crippen LogP contribution in [0.3, 0.4) is 0 Å². The van der Waals surface area contributed by atoms with Gasteiger partial charge in [-0.2, -0.15) is 0 Å². The Morgan fingerprint density at radius 1 is 0.962 bits per heavy atom. The van der Waals surface area contributed by atoms with Crippen LogP contribution in [0.15, 0.2) is 48.2 Å². The summed E-state index contributed by atoms with van der Waals surface area (Å²) in [5.74, 6) is 3.22. The minimum absolute atomic E-state index is 0.550. The van der Waals surface area contributed by atoms with Gasteiger partial charge in [-0.1, -0.05) is 18.2 Å². The van der Waals surface area contributed by atoms with Crippen LogP contribution in [-0.2, 0) is 4.74 Å². The molecule has 0 unspecified atom stereocenters. The van der Waals surface area contributed by atoms with Crippen LogP contribution in [0.2, 0.25) is 0 Å². The molecule has 0 saturated carbocycles. The topological polar surface area (TPSA) is 40.2 Å². The molecule has 2 aromatic carbocycles. The van der Waals surface area contributed by atoms with Gasteiger partial charge in [-0.05, 0) is 29.8 Å². The molecule has 0 aliphatic carbocycles. The van der Waals surface area contributed by atoms with Crippen LogP contribution in [0, 0.1) is 0 Å². The van der Waals surface area contributed by atoms with Crippen LogP contribution in [0.4, 0.5) is 5.69 Å². The number of hydrogen-bond acceptors (Lipinski definition) is 5. The average molecular weight is 349 g/mol. The maximum absolute atomic E-state index is 6.03. The Morgan fingerprint density at radius 2 is 1.85 bits per heavy atom. The zero-order valence-electron chi connectivity index (χ0n) is 14.7. The van der Waals surface area contributed by atoms with E-state index < -0.39 is 0 Å². The van der Waals surface area contributed by atoms with E-state index in [0.29, 0.717) is 13.2 Å². The van der Waals surface area contributed by atoms with Crippen molar-refractivity contribution in [1.82, 2.24) is 0 Å². The third-order valence-electron chi connectivity index (χ3n) is 5.01. The summed E-state index contributed by atoms with van der Waals surface area (Å²) in [6.45, 7) is 1.85. The summed E-state index contributed by atoms with van der Waals surface area (Å²) in [6, 6.07) is 10.2. The second-order valence-corrected chi connectivity index (χ2v) is 6.30. The minimum atomic E-state index is 0.550. The molecule has 3 heterocycles. The van der Waals surface area contributed by atoms with E-state index in [0.717, 1.165) is 57.6 Å². The number of benzene rings is 2. The number of methoxy groups -OCH3 is 2. The largest absolute Gasteiger partial charge is 0.496 e. The molecule has 0 atom stereocenters. The van der Waals surface area contributed by atoms with Gasteiger partial charge in [0.05, 0.1) is 31.2 Å². The summed E-state index contributed by atoms with van der Waals surface area (Å²) in [7, 11) is 3.39. The van der Waals surface area contributed by atoms with Gasteiger partial charge in [-0.15, -0.1) is 0 Å². The predicted molar refractivity (Wildman–Crippen MR) is 99.8 cm³/mol. The Hall–Kier alpha value is -3.08. The second kappa shape index (κ2) is 5.73. The fourth-order valence-corrected chi connectivity index (χ4v) is 3.95. The molecule has 0 bridgehead atoms. The summed E-state index contributed by atoms with van der Waals surface area (Å²) in [5.41, 5.74) is 5.28. The van der Waals surface area contributed by atoms with Crippen molar-refractivity contribution in [3.63, 3.8) is 0 Å². The van der Waals surface area contributed by atoms with Crippen LogP contribution in [-0.4, -0.2) is 34.0 Å². The van der Waals surface area contributed by atoms with Crippen molar-refractivity contribution in [3.05, 3.63) is 53.8 Å². The van der Waals surface area contributed by atoms with Crippen LogP contribution in [0.1, 0.15) is 5.56 Å². The monoisotopic (exact) mass is 349 g/mol. The molecule has 0 fully saturated rings. The molecule has 5 nitrogen and oxygen atoms in total. The third kappa shape index (κ3) is 1.97. The first-order chi connectivity index (χ1) is 12.8. The van der Waals surface area contributed by atoms with Gasteiger partial charge in [0.1, 0.15) is 24.7 Å². The number of rotatable bonds is 2. The van der Waals surface area contributed by atoms with Gasteiger partial charge < -0.3 is 23.8 Å². The number of hydrogen-bond donors (Lipinski definition) is 0. The van der Waals surface area contributed by atoms with Gasteiger partial charge in [0, 0.05) is 12.1 Å². The summed E-state index contributed by atoms with van der Waals surface area (Å²) in [5, 5.41) is 0. The van der Waals surface area contributed by atoms with E-state index in [1.54, 1.807) is 14.2 Å². The van der Waals surface area contributed by atoms with Crippen molar-refractivity contribution in [2.24, 2.45) is 0 Å². The van der Waals surface area contributed by atoms with Gasteiger partial charge in [0.25, 0.3) is 0 Å². The molecule has 0 aromatic heterocycles. The zero-order chi connectivity index (χ0) is 17.7. The molecule has 0 amide bonds. The summed E-state index contributed by atoms with van der Waals surface area (Å²) in [6.07, 6.45) is 4.11. The van der Waals surface area contributed by atoms with Crippen LogP contribution in [0.25, 0.3) is 16.8 Å². The molecule has 132 valence electrons. The Bertz CT molecular complexity index is 961. The van der Waals surface area contributed by atoms with E-state index in [1.165, 1.54) is 0 Å². The quantitative estimate of drug-likeness (QED) is 0.824. The van der Waals surface area contributed by atoms with Crippen LogP contribution >= 0.6 is 0 Å². The fourth-order valence-electron chi connectivity index (χ4n) is 3.95. The molecule has 5 rings (SSSR count). The molecular weight excluding hydrogens is 330 g/mol. The van der Waals surface area contributed by atoms with Gasteiger partial charge in [-0.25, -0.2) is 0 Å². The normalized spacial score (nSPS) is 16.6. The van der Waals surface area contributed by atoms with E-state index in [1.807, 2.05) is 24.3 Å². The lowest BCUT2D eigenvalue weighted by atomic mass is 9.88. The van der Waals surface area contributed by atoms with Gasteiger partial charge in [0.15, 0.2) is 11.5 Å². The molecule has 3 aliphatic rings.